The Hall–Kier alpha value is -4.03. The lowest BCUT2D eigenvalue weighted by molar-refractivity contribution is 0.302. The van der Waals surface area contributed by atoms with Crippen molar-refractivity contribution in [2.24, 2.45) is 0 Å². The summed E-state index contributed by atoms with van der Waals surface area (Å²) in [5.41, 5.74) is 4.42. The lowest BCUT2D eigenvalue weighted by Gasteiger charge is -2.29. The first-order valence-corrected chi connectivity index (χ1v) is 11.7. The summed E-state index contributed by atoms with van der Waals surface area (Å²) in [6.45, 7) is 0.686. The summed E-state index contributed by atoms with van der Waals surface area (Å²) >= 11 is 5.85. The molecule has 0 amide bonds. The van der Waals surface area contributed by atoms with Gasteiger partial charge in [-0.2, -0.15) is 0 Å². The molecular weight excluding hydrogens is 438 g/mol. The summed E-state index contributed by atoms with van der Waals surface area (Å²) in [6, 6.07) is 29.3. The van der Waals surface area contributed by atoms with Crippen molar-refractivity contribution in [3.05, 3.63) is 127 Å². The first-order chi connectivity index (χ1) is 16.8. The number of thiocarbonyl (C=S) groups is 1. The van der Waals surface area contributed by atoms with E-state index in [0.29, 0.717) is 6.54 Å². The number of nitrogens with zero attached hydrogens (tertiary/aromatic N) is 4. The van der Waals surface area contributed by atoms with Crippen LogP contribution in [0.4, 0.5) is 0 Å². The van der Waals surface area contributed by atoms with Crippen LogP contribution in [0.25, 0.3) is 16.5 Å². The number of aromatic nitrogens is 3. The highest BCUT2D eigenvalue weighted by Gasteiger charge is 2.41. The van der Waals surface area contributed by atoms with Crippen molar-refractivity contribution < 1.29 is 0 Å². The van der Waals surface area contributed by atoms with E-state index in [4.69, 9.17) is 12.2 Å². The van der Waals surface area contributed by atoms with Crippen LogP contribution in [0.2, 0.25) is 0 Å². The number of fused-ring (bicyclic) bond motifs is 1. The molecule has 1 aliphatic rings. The molecule has 1 fully saturated rings. The van der Waals surface area contributed by atoms with E-state index in [0.717, 1.165) is 27.8 Å². The monoisotopic (exact) mass is 461 g/mol. The Morgan fingerprint density at radius 3 is 2.47 bits per heavy atom. The third kappa shape index (κ3) is 3.72. The summed E-state index contributed by atoms with van der Waals surface area (Å²) in [5.74, 6) is 0. The number of nitrogens with one attached hydrogen (secondary N) is 1. The van der Waals surface area contributed by atoms with E-state index in [1.165, 1.54) is 10.8 Å². The fourth-order valence-corrected chi connectivity index (χ4v) is 5.08. The fraction of sp³-hybridized carbons (Fsp3) is 0.107. The van der Waals surface area contributed by atoms with E-state index in [1.807, 2.05) is 42.9 Å². The highest BCUT2D eigenvalue weighted by molar-refractivity contribution is 7.80. The van der Waals surface area contributed by atoms with Crippen molar-refractivity contribution in [3.8, 4) is 5.69 Å². The summed E-state index contributed by atoms with van der Waals surface area (Å²) in [7, 11) is 0. The lowest BCUT2D eigenvalue weighted by Crippen LogP contribution is -2.30. The zero-order chi connectivity index (χ0) is 22.9. The molecule has 6 heteroatoms. The van der Waals surface area contributed by atoms with Gasteiger partial charge in [-0.15, -0.1) is 0 Å². The number of rotatable bonds is 5. The fourth-order valence-electron chi connectivity index (χ4n) is 4.78. The van der Waals surface area contributed by atoms with Crippen LogP contribution in [-0.4, -0.2) is 24.5 Å². The van der Waals surface area contributed by atoms with Crippen LogP contribution >= 0.6 is 12.2 Å². The van der Waals surface area contributed by atoms with Gasteiger partial charge in [-0.3, -0.25) is 9.97 Å². The van der Waals surface area contributed by atoms with Crippen LogP contribution < -0.4 is 5.32 Å². The molecule has 1 saturated heterocycles. The third-order valence-electron chi connectivity index (χ3n) is 6.39. The van der Waals surface area contributed by atoms with Crippen LogP contribution in [0.5, 0.6) is 0 Å². The predicted octanol–water partition coefficient (Wildman–Crippen LogP) is 5.59. The maximum atomic E-state index is 5.85. The summed E-state index contributed by atoms with van der Waals surface area (Å²) in [4.78, 5) is 11.1. The summed E-state index contributed by atoms with van der Waals surface area (Å²) in [6.07, 6.45) is 7.61. The summed E-state index contributed by atoms with van der Waals surface area (Å²) < 4.78 is 2.27. The van der Waals surface area contributed by atoms with Crippen molar-refractivity contribution in [3.63, 3.8) is 0 Å². The smallest absolute Gasteiger partial charge is 0.170 e. The average Bonchev–Trinajstić information content (AvgIpc) is 3.49. The molecule has 4 heterocycles. The first-order valence-electron chi connectivity index (χ1n) is 11.3. The Kier molecular flexibility index (Phi) is 5.28. The van der Waals surface area contributed by atoms with E-state index in [-0.39, 0.29) is 12.1 Å². The molecule has 2 aromatic carbocycles. The molecule has 2 atom stereocenters. The summed E-state index contributed by atoms with van der Waals surface area (Å²) in [5, 5.41) is 6.73. The molecule has 0 unspecified atom stereocenters. The first kappa shape index (κ1) is 20.6. The van der Waals surface area contributed by atoms with Gasteiger partial charge >= 0.3 is 0 Å². The topological polar surface area (TPSA) is 46.0 Å². The lowest BCUT2D eigenvalue weighted by atomic mass is 10.0. The largest absolute Gasteiger partial charge is 0.352 e. The minimum Gasteiger partial charge on any atom is -0.352 e. The molecule has 5 nitrogen and oxygen atoms in total. The molecule has 0 saturated carbocycles. The number of hydrogen-bond donors (Lipinski definition) is 1. The van der Waals surface area contributed by atoms with Crippen LogP contribution in [0.3, 0.4) is 0 Å². The maximum Gasteiger partial charge on any atom is 0.170 e. The quantitative estimate of drug-likeness (QED) is 0.346. The van der Waals surface area contributed by atoms with Gasteiger partial charge in [-0.25, -0.2) is 0 Å². The number of benzene rings is 2. The van der Waals surface area contributed by atoms with Crippen molar-refractivity contribution in [2.75, 3.05) is 0 Å². The minimum atomic E-state index is -0.0651. The highest BCUT2D eigenvalue weighted by Crippen LogP contribution is 2.40. The van der Waals surface area contributed by atoms with Gasteiger partial charge in [-0.1, -0.05) is 36.4 Å². The van der Waals surface area contributed by atoms with E-state index in [2.05, 4.69) is 91.6 Å². The second-order valence-corrected chi connectivity index (χ2v) is 8.83. The van der Waals surface area contributed by atoms with E-state index in [1.54, 1.807) is 0 Å². The normalized spacial score (nSPS) is 17.8. The second-order valence-electron chi connectivity index (χ2n) is 8.44. The Morgan fingerprint density at radius 1 is 0.824 bits per heavy atom. The molecule has 0 spiro atoms. The van der Waals surface area contributed by atoms with Crippen molar-refractivity contribution in [1.82, 2.24) is 24.8 Å². The molecule has 166 valence electrons. The van der Waals surface area contributed by atoms with Gasteiger partial charge in [0.2, 0.25) is 0 Å². The van der Waals surface area contributed by atoms with Crippen molar-refractivity contribution in [2.45, 2.75) is 18.6 Å². The maximum absolute atomic E-state index is 5.85. The molecule has 1 aliphatic heterocycles. The van der Waals surface area contributed by atoms with Gasteiger partial charge in [0.05, 0.1) is 17.8 Å². The third-order valence-corrected chi connectivity index (χ3v) is 6.75. The Balaban J connectivity index is 1.46. The van der Waals surface area contributed by atoms with Gasteiger partial charge in [0.25, 0.3) is 0 Å². The van der Waals surface area contributed by atoms with Crippen LogP contribution in [-0.2, 0) is 6.54 Å². The van der Waals surface area contributed by atoms with Crippen molar-refractivity contribution >= 4 is 28.1 Å². The minimum absolute atomic E-state index is 0.0305. The van der Waals surface area contributed by atoms with Crippen LogP contribution in [0.1, 0.15) is 29.0 Å². The van der Waals surface area contributed by atoms with Crippen LogP contribution in [0.15, 0.2) is 110 Å². The molecule has 1 N–H and O–H groups in total. The highest BCUT2D eigenvalue weighted by atomic mass is 32.1. The SMILES string of the molecule is S=C1N[C@H](c2ccccn2)[C@H](c2cccn2-c2ccc3ccccc3c2)N1Cc1ccncc1. The van der Waals surface area contributed by atoms with Gasteiger partial charge in [-0.05, 0) is 77.1 Å². The van der Waals surface area contributed by atoms with Gasteiger partial charge in [0.15, 0.2) is 5.11 Å². The van der Waals surface area contributed by atoms with Gasteiger partial charge < -0.3 is 14.8 Å². The molecule has 6 rings (SSSR count). The Morgan fingerprint density at radius 2 is 1.65 bits per heavy atom. The van der Waals surface area contributed by atoms with E-state index >= 15 is 0 Å². The van der Waals surface area contributed by atoms with Gasteiger partial charge in [0, 0.05) is 42.7 Å². The Bertz CT molecular complexity index is 1450. The van der Waals surface area contributed by atoms with Gasteiger partial charge in [0.1, 0.15) is 0 Å². The standard InChI is InChI=1S/C28H23N5S/c34-28-31-26(24-8-3-4-14-30-24)27(33(28)19-20-12-15-29-16-13-20)25-9-5-17-32(25)23-11-10-21-6-1-2-7-22(21)18-23/h1-18,26-27H,19H2,(H,31,34)/t26-,27+/m1/s1. The molecule has 34 heavy (non-hydrogen) atoms. The van der Waals surface area contributed by atoms with Crippen molar-refractivity contribution in [1.29, 1.82) is 0 Å². The average molecular weight is 462 g/mol. The molecular formula is C28H23N5S. The molecule has 0 aliphatic carbocycles. The zero-order valence-corrected chi connectivity index (χ0v) is 19.3. The molecule has 0 radical (unpaired) electrons. The number of pyridine rings is 2. The van der Waals surface area contributed by atoms with Crippen LogP contribution in [0, 0.1) is 0 Å². The second kappa shape index (κ2) is 8.72. The molecule has 0 bridgehead atoms. The van der Waals surface area contributed by atoms with E-state index < -0.39 is 0 Å². The van der Waals surface area contributed by atoms with E-state index in [9.17, 15) is 0 Å². The zero-order valence-electron chi connectivity index (χ0n) is 18.5. The molecule has 3 aromatic heterocycles. The number of hydrogen-bond acceptors (Lipinski definition) is 3. The molecule has 5 aromatic rings. The Labute approximate surface area is 203 Å². The predicted molar refractivity (Wildman–Crippen MR) is 139 cm³/mol.